The second-order valence-electron chi connectivity index (χ2n) is 7.74. The molecular weight excluding hydrogens is 436 g/mol. The van der Waals surface area contributed by atoms with E-state index in [1.807, 2.05) is 0 Å². The van der Waals surface area contributed by atoms with Crippen molar-refractivity contribution in [3.05, 3.63) is 70.8 Å². The average molecular weight is 456 g/mol. The molecule has 0 aliphatic rings. The molecular formula is C24H20F4N4O. The van der Waals surface area contributed by atoms with Crippen LogP contribution in [0.4, 0.5) is 23.2 Å². The van der Waals surface area contributed by atoms with Gasteiger partial charge in [-0.05, 0) is 49.2 Å². The van der Waals surface area contributed by atoms with Gasteiger partial charge in [-0.15, -0.1) is 0 Å². The number of ketones is 1. The quantitative estimate of drug-likeness (QED) is 0.192. The Morgan fingerprint density at radius 2 is 1.55 bits per heavy atom. The number of hydrogen-bond acceptors (Lipinski definition) is 4. The van der Waals surface area contributed by atoms with Crippen molar-refractivity contribution in [2.24, 2.45) is 5.73 Å². The molecule has 0 fully saturated rings. The van der Waals surface area contributed by atoms with Crippen LogP contribution in [-0.2, 0) is 6.54 Å². The van der Waals surface area contributed by atoms with Gasteiger partial charge < -0.3 is 16.0 Å². The van der Waals surface area contributed by atoms with Gasteiger partial charge in [-0.3, -0.25) is 4.79 Å². The van der Waals surface area contributed by atoms with E-state index in [9.17, 15) is 4.79 Å². The van der Waals surface area contributed by atoms with Crippen LogP contribution in [-0.4, -0.2) is 21.9 Å². The lowest BCUT2D eigenvalue weighted by Gasteiger charge is -2.14. The molecule has 1 heterocycles. The highest BCUT2D eigenvalue weighted by atomic mass is 19.2. The fourth-order valence-electron chi connectivity index (χ4n) is 3.95. The summed E-state index contributed by atoms with van der Waals surface area (Å²) in [5, 5.41) is 0. The molecule has 1 aromatic heterocycles. The van der Waals surface area contributed by atoms with Crippen molar-refractivity contribution < 1.29 is 22.4 Å². The Hall–Kier alpha value is -3.72. The van der Waals surface area contributed by atoms with E-state index in [0.717, 1.165) is 0 Å². The second kappa shape index (κ2) is 8.32. The number of halogens is 4. The van der Waals surface area contributed by atoms with Gasteiger partial charge in [0.05, 0.1) is 22.2 Å². The van der Waals surface area contributed by atoms with E-state index >= 15 is 17.6 Å². The third-order valence-corrected chi connectivity index (χ3v) is 5.40. The second-order valence-corrected chi connectivity index (χ2v) is 7.74. The lowest BCUT2D eigenvalue weighted by molar-refractivity contribution is 0.101. The van der Waals surface area contributed by atoms with E-state index in [2.05, 4.69) is 4.98 Å². The lowest BCUT2D eigenvalue weighted by atomic mass is 10.00. The van der Waals surface area contributed by atoms with E-state index in [1.54, 1.807) is 19.1 Å². The van der Waals surface area contributed by atoms with Crippen molar-refractivity contribution in [3.63, 3.8) is 0 Å². The van der Waals surface area contributed by atoms with Crippen molar-refractivity contribution in [2.45, 2.75) is 20.4 Å². The van der Waals surface area contributed by atoms with Crippen LogP contribution >= 0.6 is 0 Å². The summed E-state index contributed by atoms with van der Waals surface area (Å²) < 4.78 is 62.1. The van der Waals surface area contributed by atoms with E-state index in [-0.39, 0.29) is 46.9 Å². The van der Waals surface area contributed by atoms with Gasteiger partial charge in [0.15, 0.2) is 29.1 Å². The average Bonchev–Trinajstić information content (AvgIpc) is 3.11. The summed E-state index contributed by atoms with van der Waals surface area (Å²) in [5.74, 6) is -7.00. The molecule has 0 aliphatic heterocycles. The summed E-state index contributed by atoms with van der Waals surface area (Å²) in [6.07, 6.45) is 0. The molecule has 4 rings (SSSR count). The Labute approximate surface area is 186 Å². The monoisotopic (exact) mass is 456 g/mol. The Morgan fingerprint density at radius 1 is 0.970 bits per heavy atom. The van der Waals surface area contributed by atoms with Crippen LogP contribution in [0.15, 0.2) is 36.4 Å². The number of carbonyl (C=O) groups excluding carboxylic acids is 1. The maximum atomic E-state index is 15.3. The highest BCUT2D eigenvalue weighted by molar-refractivity contribution is 6.06. The molecule has 9 heteroatoms. The SMILES string of the molecule is CC(=O)c1cc(C)cc2nc(-c3c(F)c(F)c(-c4ccc(N)cc4)c(F)c3F)n(CCN)c12. The number of imidazole rings is 1. The Kier molecular flexibility index (Phi) is 5.67. The Morgan fingerprint density at radius 3 is 2.09 bits per heavy atom. The van der Waals surface area contributed by atoms with E-state index < -0.39 is 34.4 Å². The summed E-state index contributed by atoms with van der Waals surface area (Å²) in [7, 11) is 0. The molecule has 33 heavy (non-hydrogen) atoms. The first kappa shape index (κ1) is 22.5. The number of nitrogens with zero attached hydrogens (tertiary/aromatic N) is 2. The molecule has 0 saturated carbocycles. The van der Waals surface area contributed by atoms with Crippen LogP contribution in [0, 0.1) is 30.2 Å². The fourth-order valence-corrected chi connectivity index (χ4v) is 3.95. The molecule has 0 amide bonds. The largest absolute Gasteiger partial charge is 0.399 e. The minimum absolute atomic E-state index is 0.0109. The highest BCUT2D eigenvalue weighted by Gasteiger charge is 2.30. The molecule has 3 aromatic carbocycles. The van der Waals surface area contributed by atoms with Crippen LogP contribution < -0.4 is 11.5 Å². The predicted octanol–water partition coefficient (Wildman–Crippen LogP) is 4.98. The topological polar surface area (TPSA) is 86.9 Å². The summed E-state index contributed by atoms with van der Waals surface area (Å²) >= 11 is 0. The van der Waals surface area contributed by atoms with E-state index in [1.165, 1.54) is 35.8 Å². The van der Waals surface area contributed by atoms with Gasteiger partial charge in [-0.2, -0.15) is 0 Å². The zero-order valence-electron chi connectivity index (χ0n) is 17.8. The van der Waals surface area contributed by atoms with Crippen LogP contribution in [0.3, 0.4) is 0 Å². The summed E-state index contributed by atoms with van der Waals surface area (Å²) in [4.78, 5) is 16.5. The smallest absolute Gasteiger partial charge is 0.173 e. The Balaban J connectivity index is 2.06. The molecule has 4 N–H and O–H groups in total. The first-order valence-corrected chi connectivity index (χ1v) is 10.1. The van der Waals surface area contributed by atoms with Gasteiger partial charge in [-0.25, -0.2) is 22.5 Å². The number of anilines is 1. The first-order chi connectivity index (χ1) is 15.6. The third-order valence-electron chi connectivity index (χ3n) is 5.40. The molecule has 5 nitrogen and oxygen atoms in total. The van der Waals surface area contributed by atoms with Crippen LogP contribution in [0.5, 0.6) is 0 Å². The molecule has 0 radical (unpaired) electrons. The van der Waals surface area contributed by atoms with Gasteiger partial charge in [0.25, 0.3) is 0 Å². The van der Waals surface area contributed by atoms with Gasteiger partial charge >= 0.3 is 0 Å². The molecule has 0 bridgehead atoms. The zero-order valence-corrected chi connectivity index (χ0v) is 17.8. The van der Waals surface area contributed by atoms with Crippen LogP contribution in [0.1, 0.15) is 22.8 Å². The summed E-state index contributed by atoms with van der Waals surface area (Å²) in [6.45, 7) is 3.11. The molecule has 0 aliphatic carbocycles. The van der Waals surface area contributed by atoms with Crippen LogP contribution in [0.2, 0.25) is 0 Å². The molecule has 0 atom stereocenters. The molecule has 0 saturated heterocycles. The minimum Gasteiger partial charge on any atom is -0.399 e. The first-order valence-electron chi connectivity index (χ1n) is 10.1. The standard InChI is InChI=1S/C24H20F4N4O/c1-11-9-15(12(2)33)23-16(10-11)31-24(32(23)8-7-29)18-21(27)19(25)17(20(26)22(18)28)13-3-5-14(30)6-4-13/h3-6,9-10H,7-8,29-30H2,1-2H3. The van der Waals surface area contributed by atoms with Crippen molar-refractivity contribution in [1.29, 1.82) is 0 Å². The number of benzene rings is 3. The lowest BCUT2D eigenvalue weighted by Crippen LogP contribution is -2.14. The number of hydrogen-bond donors (Lipinski definition) is 2. The van der Waals surface area contributed by atoms with Gasteiger partial charge in [0, 0.05) is 24.3 Å². The number of aromatic nitrogens is 2. The molecule has 170 valence electrons. The summed E-state index contributed by atoms with van der Waals surface area (Å²) in [5.41, 5.74) is 11.2. The maximum Gasteiger partial charge on any atom is 0.173 e. The maximum absolute atomic E-state index is 15.3. The minimum atomic E-state index is -1.60. The predicted molar refractivity (Wildman–Crippen MR) is 119 cm³/mol. The van der Waals surface area contributed by atoms with Gasteiger partial charge in [-0.1, -0.05) is 12.1 Å². The van der Waals surface area contributed by atoms with Gasteiger partial charge in [0.1, 0.15) is 5.82 Å². The van der Waals surface area contributed by atoms with E-state index in [4.69, 9.17) is 11.5 Å². The van der Waals surface area contributed by atoms with Crippen molar-refractivity contribution >= 4 is 22.5 Å². The highest BCUT2D eigenvalue weighted by Crippen LogP contribution is 2.38. The number of rotatable bonds is 5. The zero-order chi connectivity index (χ0) is 24.0. The third kappa shape index (κ3) is 3.64. The number of Topliss-reactive ketones (excluding diaryl/α,β-unsaturated/α-hetero) is 1. The number of aryl methyl sites for hydroxylation is 1. The van der Waals surface area contributed by atoms with Gasteiger partial charge in [0.2, 0.25) is 0 Å². The summed E-state index contributed by atoms with van der Waals surface area (Å²) in [6, 6.07) is 8.49. The van der Waals surface area contributed by atoms with E-state index in [0.29, 0.717) is 11.3 Å². The van der Waals surface area contributed by atoms with Crippen molar-refractivity contribution in [1.82, 2.24) is 9.55 Å². The fraction of sp³-hybridized carbons (Fsp3) is 0.167. The van der Waals surface area contributed by atoms with Crippen molar-refractivity contribution in [3.8, 4) is 22.5 Å². The number of carbonyl (C=O) groups is 1. The van der Waals surface area contributed by atoms with Crippen molar-refractivity contribution in [2.75, 3.05) is 12.3 Å². The molecule has 4 aromatic rings. The molecule has 0 unspecified atom stereocenters. The van der Waals surface area contributed by atoms with Crippen LogP contribution in [0.25, 0.3) is 33.5 Å². The Bertz CT molecular complexity index is 1380. The number of fused-ring (bicyclic) bond motifs is 1. The molecule has 0 spiro atoms. The number of nitrogen functional groups attached to an aromatic ring is 1. The number of nitrogens with two attached hydrogens (primary N) is 2. The normalized spacial score (nSPS) is 11.4.